The van der Waals surface area contributed by atoms with Crippen molar-refractivity contribution < 1.29 is 19.4 Å². The third-order valence-corrected chi connectivity index (χ3v) is 8.87. The molecule has 3 heterocycles. The second-order valence-electron chi connectivity index (χ2n) is 12.1. The second-order valence-corrected chi connectivity index (χ2v) is 13.1. The first-order valence-electron chi connectivity index (χ1n) is 16.6. The monoisotopic (exact) mass is 726 g/mol. The minimum atomic E-state index is -0.927. The van der Waals surface area contributed by atoms with E-state index in [4.69, 9.17) is 19.4 Å². The van der Waals surface area contributed by atoms with Crippen LogP contribution in [0.4, 0.5) is 40.5 Å². The lowest BCUT2D eigenvalue weighted by Gasteiger charge is -2.18. The number of rotatable bonds is 18. The largest absolute Gasteiger partial charge is 0.480 e. The lowest BCUT2D eigenvalue weighted by Crippen LogP contribution is -2.24. The molecule has 2 aromatic carbocycles. The van der Waals surface area contributed by atoms with E-state index in [1.54, 1.807) is 32.4 Å². The predicted molar refractivity (Wildman–Crippen MR) is 202 cm³/mol. The van der Waals surface area contributed by atoms with E-state index in [-0.39, 0.29) is 17.9 Å². The molecule has 5 aromatic rings. The van der Waals surface area contributed by atoms with Gasteiger partial charge in [-0.25, -0.2) is 9.67 Å². The third kappa shape index (κ3) is 9.34. The molecular weight excluding hydrogens is 685 g/mol. The van der Waals surface area contributed by atoms with Crippen LogP contribution in [0.25, 0.3) is 15.3 Å². The van der Waals surface area contributed by atoms with Gasteiger partial charge in [-0.05, 0) is 62.9 Å². The van der Waals surface area contributed by atoms with Crippen LogP contribution in [0.3, 0.4) is 0 Å². The van der Waals surface area contributed by atoms with E-state index in [9.17, 15) is 15.2 Å². The number of fused-ring (bicyclic) bond motifs is 1. The van der Waals surface area contributed by atoms with Gasteiger partial charge in [-0.3, -0.25) is 4.79 Å². The Morgan fingerprint density at radius 1 is 1.00 bits per heavy atom. The highest BCUT2D eigenvalue weighted by Gasteiger charge is 2.19. The predicted octanol–water partition coefficient (Wildman–Crippen LogP) is 6.65. The summed E-state index contributed by atoms with van der Waals surface area (Å²) >= 11 is 1.35. The van der Waals surface area contributed by atoms with Crippen LogP contribution >= 0.6 is 11.3 Å². The highest BCUT2D eigenvalue weighted by molar-refractivity contribution is 7.20. The molecule has 3 aromatic heterocycles. The average Bonchev–Trinajstić information content (AvgIpc) is 3.73. The van der Waals surface area contributed by atoms with Gasteiger partial charge in [-0.2, -0.15) is 15.2 Å². The Hall–Kier alpha value is -5.70. The van der Waals surface area contributed by atoms with Crippen LogP contribution in [0.5, 0.6) is 0 Å². The molecule has 5 rings (SSSR count). The van der Waals surface area contributed by atoms with Crippen molar-refractivity contribution in [3.05, 3.63) is 58.8 Å². The molecule has 0 saturated carbocycles. The third-order valence-electron chi connectivity index (χ3n) is 7.86. The number of aromatic nitrogens is 5. The molecule has 0 bridgehead atoms. The Bertz CT molecular complexity index is 2080. The van der Waals surface area contributed by atoms with Gasteiger partial charge in [0.15, 0.2) is 17.3 Å². The number of carboxylic acid groups (broad SMARTS) is 1. The molecule has 4 N–H and O–H groups in total. The molecule has 272 valence electrons. The van der Waals surface area contributed by atoms with Gasteiger partial charge in [0, 0.05) is 58.9 Å². The Balaban J connectivity index is 1.54. The number of anilines is 5. The van der Waals surface area contributed by atoms with Gasteiger partial charge in [0.2, 0.25) is 16.9 Å². The average molecular weight is 727 g/mol. The topological polar surface area (TPSA) is 200 Å². The van der Waals surface area contributed by atoms with Crippen LogP contribution in [0.2, 0.25) is 0 Å². The Kier molecular flexibility index (Phi) is 12.6. The number of nitriles is 1. The number of azo groups is 1. The first-order valence-corrected chi connectivity index (χ1v) is 17.4. The van der Waals surface area contributed by atoms with Crippen LogP contribution < -0.4 is 20.9 Å². The molecule has 0 aliphatic heterocycles. The van der Waals surface area contributed by atoms with Gasteiger partial charge in [-0.1, -0.05) is 29.0 Å². The molecule has 0 amide bonds. The molecule has 0 spiro atoms. The quantitative estimate of drug-likeness (QED) is 0.0553. The Labute approximate surface area is 305 Å². The first kappa shape index (κ1) is 37.6. The summed E-state index contributed by atoms with van der Waals surface area (Å²) in [5.74, 6) is 0.393. The Morgan fingerprint density at radius 3 is 2.37 bits per heavy atom. The number of hydrogen-bond donors (Lipinski definition) is 4. The number of aliphatic carboxylic acids is 1. The van der Waals surface area contributed by atoms with Crippen LogP contribution in [0, 0.1) is 32.1 Å². The van der Waals surface area contributed by atoms with E-state index in [1.165, 1.54) is 16.0 Å². The van der Waals surface area contributed by atoms with Gasteiger partial charge >= 0.3 is 5.97 Å². The number of carbonyl (C=O) groups is 1. The summed E-state index contributed by atoms with van der Waals surface area (Å²) < 4.78 is 12.8. The zero-order valence-electron chi connectivity index (χ0n) is 30.0. The van der Waals surface area contributed by atoms with Gasteiger partial charge in [0.1, 0.15) is 18.2 Å². The lowest BCUT2D eigenvalue weighted by atomic mass is 10.1. The summed E-state index contributed by atoms with van der Waals surface area (Å²) in [6.07, 6.45) is 3.03. The number of thiazole rings is 1. The number of carboxylic acids is 1. The van der Waals surface area contributed by atoms with Crippen molar-refractivity contribution in [2.24, 2.45) is 10.2 Å². The van der Waals surface area contributed by atoms with E-state index in [2.05, 4.69) is 61.4 Å². The number of nitrogens with zero attached hydrogens (tertiary/aromatic N) is 9. The van der Waals surface area contributed by atoms with E-state index in [0.717, 1.165) is 45.6 Å². The molecule has 0 unspecified atom stereocenters. The summed E-state index contributed by atoms with van der Waals surface area (Å²) in [5.41, 5.74) is 6.06. The SMILES string of the molecule is COCCCNc1nc(NCCCOC)c(N=Nc2nn(-c3nc4ccc(N(C)CC(=O)O)cc4s3)cc2C#N)c(Nc2c(C)cc(C)cc2C)n1. The van der Waals surface area contributed by atoms with Gasteiger partial charge < -0.3 is 35.4 Å². The van der Waals surface area contributed by atoms with E-state index in [1.807, 2.05) is 32.0 Å². The van der Waals surface area contributed by atoms with Crippen molar-refractivity contribution in [2.75, 3.05) is 75.0 Å². The molecule has 0 fully saturated rings. The zero-order valence-corrected chi connectivity index (χ0v) is 30.8. The second kappa shape index (κ2) is 17.5. The standard InChI is InChI=1S/C35H42N12O4S/c1-21-15-22(2)29(23(3)16-21)40-33-30(32(37-11-7-13-50-5)41-34(42-33)38-12-8-14-51-6)43-44-31-24(18-36)19-47(45-31)35-39-26-10-9-25(17-27(26)52-35)46(4)20-28(48)49/h9-10,15-17,19H,7-8,11-14,20H2,1-6H3,(H,48,49)(H3,37,38,40,41,42). The molecule has 0 radical (unpaired) electrons. The maximum absolute atomic E-state index is 11.2. The van der Waals surface area contributed by atoms with Crippen LogP contribution in [-0.4, -0.2) is 89.9 Å². The molecule has 52 heavy (non-hydrogen) atoms. The number of nitrogens with one attached hydrogen (secondary N) is 3. The molecular formula is C35H42N12O4S. The summed E-state index contributed by atoms with van der Waals surface area (Å²) in [4.78, 5) is 27.1. The first-order chi connectivity index (χ1) is 25.1. The van der Waals surface area contributed by atoms with Crippen LogP contribution in [-0.2, 0) is 14.3 Å². The number of ether oxygens (including phenoxy) is 2. The fraction of sp³-hybridized carbons (Fsp3) is 0.371. The molecule has 0 aliphatic carbocycles. The normalized spacial score (nSPS) is 11.2. The molecule has 16 nitrogen and oxygen atoms in total. The molecule has 17 heteroatoms. The highest BCUT2D eigenvalue weighted by Crippen LogP contribution is 2.38. The van der Waals surface area contributed by atoms with Crippen molar-refractivity contribution in [1.29, 1.82) is 5.26 Å². The molecule has 0 aliphatic rings. The van der Waals surface area contributed by atoms with Gasteiger partial charge in [0.05, 0.1) is 16.4 Å². The smallest absolute Gasteiger partial charge is 0.323 e. The summed E-state index contributed by atoms with van der Waals surface area (Å²) in [5, 5.41) is 43.5. The van der Waals surface area contributed by atoms with Gasteiger partial charge in [-0.15, -0.1) is 15.3 Å². The summed E-state index contributed by atoms with van der Waals surface area (Å²) in [6.45, 7) is 8.25. The molecule has 0 saturated heterocycles. The van der Waals surface area contributed by atoms with Crippen molar-refractivity contribution in [1.82, 2.24) is 24.7 Å². The number of hydrogen-bond acceptors (Lipinski definition) is 15. The van der Waals surface area contributed by atoms with E-state index >= 15 is 0 Å². The number of benzene rings is 2. The maximum atomic E-state index is 11.2. The number of likely N-dealkylation sites (N-methyl/N-ethyl adjacent to an activating group) is 1. The summed E-state index contributed by atoms with van der Waals surface area (Å²) in [6, 6.07) is 11.8. The zero-order chi connectivity index (χ0) is 37.2. The lowest BCUT2D eigenvalue weighted by molar-refractivity contribution is -0.135. The van der Waals surface area contributed by atoms with Crippen LogP contribution in [0.1, 0.15) is 35.1 Å². The fourth-order valence-electron chi connectivity index (χ4n) is 5.42. The summed E-state index contributed by atoms with van der Waals surface area (Å²) in [7, 11) is 5.02. The van der Waals surface area contributed by atoms with Crippen LogP contribution in [0.15, 0.2) is 46.8 Å². The number of aryl methyl sites for hydroxylation is 3. The van der Waals surface area contributed by atoms with Crippen molar-refractivity contribution in [2.45, 2.75) is 33.6 Å². The minimum Gasteiger partial charge on any atom is -0.480 e. The van der Waals surface area contributed by atoms with Crippen molar-refractivity contribution in [3.63, 3.8) is 0 Å². The van der Waals surface area contributed by atoms with Crippen molar-refractivity contribution >= 4 is 68.0 Å². The van der Waals surface area contributed by atoms with E-state index < -0.39 is 5.97 Å². The van der Waals surface area contributed by atoms with E-state index in [0.29, 0.717) is 60.2 Å². The fourth-order valence-corrected chi connectivity index (χ4v) is 6.34. The minimum absolute atomic E-state index is 0.0874. The van der Waals surface area contributed by atoms with Gasteiger partial charge in [0.25, 0.3) is 0 Å². The van der Waals surface area contributed by atoms with Crippen molar-refractivity contribution in [3.8, 4) is 11.2 Å². The maximum Gasteiger partial charge on any atom is 0.323 e. The number of methoxy groups -OCH3 is 2. The Morgan fingerprint density at radius 2 is 1.69 bits per heavy atom. The highest BCUT2D eigenvalue weighted by atomic mass is 32.1. The molecule has 0 atom stereocenters.